The smallest absolute Gasteiger partial charge is 0.0304 e. The molecule has 0 unspecified atom stereocenters. The van der Waals surface area contributed by atoms with Crippen LogP contribution in [0.1, 0.15) is 70.6 Å². The summed E-state index contributed by atoms with van der Waals surface area (Å²) in [6.45, 7) is 14.7. The van der Waals surface area contributed by atoms with Crippen LogP contribution in [0, 0.1) is 0 Å². The number of rotatable bonds is 6. The van der Waals surface area contributed by atoms with Gasteiger partial charge in [0.1, 0.15) is 0 Å². The molecule has 1 heterocycles. The van der Waals surface area contributed by atoms with Gasteiger partial charge in [-0.15, -0.1) is 11.3 Å². The largest absolute Gasteiger partial charge is 0.306 e. The fraction of sp³-hybridized carbons (Fsp3) is 0.750. The third-order valence-corrected chi connectivity index (χ3v) is 5.58. The fourth-order valence-corrected chi connectivity index (χ4v) is 3.28. The Kier molecular flexibility index (Phi) is 5.42. The zero-order chi connectivity index (χ0) is 13.8. The molecule has 0 fully saturated rings. The lowest BCUT2D eigenvalue weighted by molar-refractivity contribution is 0.289. The van der Waals surface area contributed by atoms with Gasteiger partial charge >= 0.3 is 0 Å². The molecule has 1 rings (SSSR count). The summed E-state index contributed by atoms with van der Waals surface area (Å²) >= 11 is 1.95. The van der Waals surface area contributed by atoms with Crippen molar-refractivity contribution in [2.75, 3.05) is 0 Å². The minimum Gasteiger partial charge on any atom is -0.306 e. The molecule has 0 aromatic carbocycles. The maximum Gasteiger partial charge on any atom is 0.0304 e. The zero-order valence-electron chi connectivity index (χ0n) is 12.9. The first kappa shape index (κ1) is 15.7. The van der Waals surface area contributed by atoms with Gasteiger partial charge in [-0.25, -0.2) is 0 Å². The van der Waals surface area contributed by atoms with E-state index in [0.717, 1.165) is 6.54 Å². The third kappa shape index (κ3) is 3.83. The minimum absolute atomic E-state index is 0.278. The molecule has 1 nitrogen and oxygen atoms in total. The van der Waals surface area contributed by atoms with Crippen molar-refractivity contribution in [1.82, 2.24) is 5.32 Å². The zero-order valence-corrected chi connectivity index (χ0v) is 13.7. The Morgan fingerprint density at radius 1 is 1.00 bits per heavy atom. The third-order valence-electron chi connectivity index (χ3n) is 4.07. The Bertz CT molecular complexity index is 347. The molecule has 0 saturated heterocycles. The van der Waals surface area contributed by atoms with Gasteiger partial charge in [-0.1, -0.05) is 41.5 Å². The van der Waals surface area contributed by atoms with E-state index in [-0.39, 0.29) is 5.41 Å². The van der Waals surface area contributed by atoms with Gasteiger partial charge < -0.3 is 5.32 Å². The van der Waals surface area contributed by atoms with Gasteiger partial charge in [0.2, 0.25) is 0 Å². The van der Waals surface area contributed by atoms with Gasteiger partial charge in [0.05, 0.1) is 0 Å². The van der Waals surface area contributed by atoms with Crippen LogP contribution in [0.2, 0.25) is 0 Å². The van der Waals surface area contributed by atoms with Crippen LogP contribution in [0.5, 0.6) is 0 Å². The maximum absolute atomic E-state index is 3.77. The predicted molar refractivity (Wildman–Crippen MR) is 83.5 cm³/mol. The lowest BCUT2D eigenvalue weighted by Gasteiger charge is -2.31. The van der Waals surface area contributed by atoms with Crippen molar-refractivity contribution in [2.45, 2.75) is 78.3 Å². The summed E-state index contributed by atoms with van der Waals surface area (Å²) in [7, 11) is 0. The molecule has 1 aromatic rings. The molecule has 0 radical (unpaired) electrons. The van der Waals surface area contributed by atoms with Crippen molar-refractivity contribution in [1.29, 1.82) is 0 Å². The second-order valence-corrected chi connectivity index (χ2v) is 7.38. The molecule has 1 N–H and O–H groups in total. The quantitative estimate of drug-likeness (QED) is 0.755. The highest BCUT2D eigenvalue weighted by Crippen LogP contribution is 2.30. The van der Waals surface area contributed by atoms with E-state index in [0.29, 0.717) is 5.54 Å². The van der Waals surface area contributed by atoms with Gasteiger partial charge in [-0.3, -0.25) is 0 Å². The normalized spacial score (nSPS) is 13.0. The van der Waals surface area contributed by atoms with Crippen LogP contribution in [-0.2, 0) is 12.0 Å². The highest BCUT2D eigenvalue weighted by molar-refractivity contribution is 7.12. The molecule has 2 heteroatoms. The van der Waals surface area contributed by atoms with Crippen LogP contribution < -0.4 is 5.32 Å². The predicted octanol–water partition coefficient (Wildman–Crippen LogP) is 5.10. The SMILES string of the molecule is CCC(CC)(CC)NCc1ccc(C(C)(C)C)s1. The summed E-state index contributed by atoms with van der Waals surface area (Å²) < 4.78 is 0. The first-order valence-electron chi connectivity index (χ1n) is 7.21. The molecular formula is C16H29NS. The average Bonchev–Trinajstić information content (AvgIpc) is 2.80. The van der Waals surface area contributed by atoms with Crippen LogP contribution in [0.3, 0.4) is 0 Å². The summed E-state index contributed by atoms with van der Waals surface area (Å²) in [5.41, 5.74) is 0.603. The lowest BCUT2D eigenvalue weighted by Crippen LogP contribution is -2.42. The summed E-state index contributed by atoms with van der Waals surface area (Å²) in [5.74, 6) is 0. The molecule has 0 aliphatic heterocycles. The van der Waals surface area contributed by atoms with Crippen molar-refractivity contribution in [3.05, 3.63) is 21.9 Å². The van der Waals surface area contributed by atoms with Gasteiger partial charge in [-0.2, -0.15) is 0 Å². The van der Waals surface area contributed by atoms with E-state index in [1.807, 2.05) is 11.3 Å². The second kappa shape index (κ2) is 6.21. The Hall–Kier alpha value is -0.340. The van der Waals surface area contributed by atoms with Crippen LogP contribution >= 0.6 is 11.3 Å². The highest BCUT2D eigenvalue weighted by Gasteiger charge is 2.23. The van der Waals surface area contributed by atoms with E-state index in [1.165, 1.54) is 29.0 Å². The van der Waals surface area contributed by atoms with E-state index in [4.69, 9.17) is 0 Å². The number of hydrogen-bond acceptors (Lipinski definition) is 2. The highest BCUT2D eigenvalue weighted by atomic mass is 32.1. The molecule has 18 heavy (non-hydrogen) atoms. The molecule has 0 spiro atoms. The first-order valence-corrected chi connectivity index (χ1v) is 8.02. The molecule has 0 saturated carbocycles. The maximum atomic E-state index is 3.77. The average molecular weight is 267 g/mol. The van der Waals surface area contributed by atoms with E-state index in [9.17, 15) is 0 Å². The van der Waals surface area contributed by atoms with Crippen LogP contribution in [-0.4, -0.2) is 5.54 Å². The molecular weight excluding hydrogens is 238 g/mol. The van der Waals surface area contributed by atoms with Crippen LogP contribution in [0.25, 0.3) is 0 Å². The number of thiophene rings is 1. The molecule has 0 aliphatic carbocycles. The monoisotopic (exact) mass is 267 g/mol. The Morgan fingerprint density at radius 2 is 1.56 bits per heavy atom. The molecule has 0 bridgehead atoms. The van der Waals surface area contributed by atoms with Crippen molar-refractivity contribution < 1.29 is 0 Å². The Morgan fingerprint density at radius 3 is 1.94 bits per heavy atom. The van der Waals surface area contributed by atoms with E-state index >= 15 is 0 Å². The van der Waals surface area contributed by atoms with Crippen LogP contribution in [0.15, 0.2) is 12.1 Å². The van der Waals surface area contributed by atoms with Crippen molar-refractivity contribution in [3.63, 3.8) is 0 Å². The second-order valence-electron chi connectivity index (χ2n) is 6.21. The van der Waals surface area contributed by atoms with E-state index in [1.54, 1.807) is 0 Å². The summed E-state index contributed by atoms with van der Waals surface area (Å²) in [6.07, 6.45) is 3.62. The Balaban J connectivity index is 2.66. The molecule has 1 aromatic heterocycles. The summed E-state index contributed by atoms with van der Waals surface area (Å²) in [5, 5.41) is 3.77. The van der Waals surface area contributed by atoms with Gasteiger partial charge in [-0.05, 0) is 36.8 Å². The molecule has 0 aliphatic rings. The van der Waals surface area contributed by atoms with Crippen LogP contribution in [0.4, 0.5) is 0 Å². The lowest BCUT2D eigenvalue weighted by atomic mass is 9.90. The van der Waals surface area contributed by atoms with Gasteiger partial charge in [0, 0.05) is 21.8 Å². The minimum atomic E-state index is 0.278. The topological polar surface area (TPSA) is 12.0 Å². The van der Waals surface area contributed by atoms with Crippen molar-refractivity contribution in [3.8, 4) is 0 Å². The molecule has 0 amide bonds. The van der Waals surface area contributed by atoms with Gasteiger partial charge in [0.25, 0.3) is 0 Å². The van der Waals surface area contributed by atoms with E-state index < -0.39 is 0 Å². The summed E-state index contributed by atoms with van der Waals surface area (Å²) in [4.78, 5) is 2.94. The summed E-state index contributed by atoms with van der Waals surface area (Å²) in [6, 6.07) is 4.57. The molecule has 104 valence electrons. The van der Waals surface area contributed by atoms with Gasteiger partial charge in [0.15, 0.2) is 0 Å². The number of nitrogens with one attached hydrogen (secondary N) is 1. The Labute approximate surface area is 117 Å². The van der Waals surface area contributed by atoms with Crippen molar-refractivity contribution >= 4 is 11.3 Å². The van der Waals surface area contributed by atoms with Crippen molar-refractivity contribution in [2.24, 2.45) is 0 Å². The molecule has 0 atom stereocenters. The standard InChI is InChI=1S/C16H29NS/c1-7-16(8-2,9-3)17-12-13-10-11-14(18-13)15(4,5)6/h10-11,17H,7-9,12H2,1-6H3. The number of hydrogen-bond donors (Lipinski definition) is 1. The first-order chi connectivity index (χ1) is 8.37. The van der Waals surface area contributed by atoms with E-state index in [2.05, 4.69) is 59.0 Å². The fourth-order valence-electron chi connectivity index (χ4n) is 2.28.